The molecule has 1 aromatic carbocycles. The van der Waals surface area contributed by atoms with Crippen molar-refractivity contribution >= 4 is 0 Å². The minimum Gasteiger partial charge on any atom is -0.377 e. The van der Waals surface area contributed by atoms with E-state index in [0.29, 0.717) is 6.61 Å². The van der Waals surface area contributed by atoms with Gasteiger partial charge >= 0.3 is 0 Å². The van der Waals surface area contributed by atoms with Crippen LogP contribution >= 0.6 is 0 Å². The maximum atomic E-state index is 8.96. The van der Waals surface area contributed by atoms with Gasteiger partial charge in [0.2, 0.25) is 0 Å². The van der Waals surface area contributed by atoms with E-state index in [1.165, 1.54) is 11.1 Å². The van der Waals surface area contributed by atoms with E-state index in [1.807, 2.05) is 26.8 Å². The largest absolute Gasteiger partial charge is 0.377 e. The Morgan fingerprint density at radius 1 is 1.25 bits per heavy atom. The second-order valence-electron chi connectivity index (χ2n) is 5.68. The summed E-state index contributed by atoms with van der Waals surface area (Å²) in [5, 5.41) is 12.4. The zero-order chi connectivity index (χ0) is 14.8. The van der Waals surface area contributed by atoms with E-state index < -0.39 is 0 Å². The molecule has 0 atom stereocenters. The van der Waals surface area contributed by atoms with Crippen molar-refractivity contribution in [3.8, 4) is 6.07 Å². The molecule has 0 aromatic heterocycles. The summed E-state index contributed by atoms with van der Waals surface area (Å²) in [5.41, 5.74) is 2.33. The molecule has 3 nitrogen and oxygen atoms in total. The number of hydrogen-bond donors (Lipinski definition) is 1. The highest BCUT2D eigenvalue weighted by molar-refractivity contribution is 5.26. The molecule has 0 spiro atoms. The summed E-state index contributed by atoms with van der Waals surface area (Å²) in [7, 11) is 0. The minimum absolute atomic E-state index is 0.214. The van der Waals surface area contributed by atoms with Crippen LogP contribution in [0.4, 0.5) is 0 Å². The van der Waals surface area contributed by atoms with Gasteiger partial charge in [-0.3, -0.25) is 0 Å². The normalized spacial score (nSPS) is 11.3. The number of nitrogens with one attached hydrogen (secondary N) is 1. The molecule has 0 saturated heterocycles. The van der Waals surface area contributed by atoms with E-state index in [-0.39, 0.29) is 5.41 Å². The average Bonchev–Trinajstić information content (AvgIpc) is 2.45. The number of hydrogen-bond acceptors (Lipinski definition) is 3. The van der Waals surface area contributed by atoms with Gasteiger partial charge in [-0.25, -0.2) is 0 Å². The first-order valence-electron chi connectivity index (χ1n) is 7.35. The van der Waals surface area contributed by atoms with Crippen LogP contribution in [0.25, 0.3) is 0 Å². The van der Waals surface area contributed by atoms with E-state index in [2.05, 4.69) is 29.6 Å². The molecule has 0 aliphatic rings. The van der Waals surface area contributed by atoms with Gasteiger partial charge in [0.15, 0.2) is 0 Å². The van der Waals surface area contributed by atoms with Gasteiger partial charge in [-0.15, -0.1) is 0 Å². The Balaban J connectivity index is 2.33. The second-order valence-corrected chi connectivity index (χ2v) is 5.68. The zero-order valence-corrected chi connectivity index (χ0v) is 12.9. The van der Waals surface area contributed by atoms with E-state index in [1.54, 1.807) is 0 Å². The molecule has 0 aliphatic carbocycles. The fraction of sp³-hybridized carbons (Fsp3) is 0.588. The zero-order valence-electron chi connectivity index (χ0n) is 12.9. The summed E-state index contributed by atoms with van der Waals surface area (Å²) in [6.07, 6.45) is 1.95. The summed E-state index contributed by atoms with van der Waals surface area (Å²) in [6, 6.07) is 10.7. The monoisotopic (exact) mass is 274 g/mol. The maximum Gasteiger partial charge on any atom is 0.0719 e. The highest BCUT2D eigenvalue weighted by Gasteiger charge is 2.15. The van der Waals surface area contributed by atoms with Crippen molar-refractivity contribution in [3.63, 3.8) is 0 Å². The Bertz CT molecular complexity index is 435. The molecule has 1 N–H and O–H groups in total. The van der Waals surface area contributed by atoms with Crippen LogP contribution in [0.5, 0.6) is 0 Å². The maximum absolute atomic E-state index is 8.96. The van der Waals surface area contributed by atoms with Crippen LogP contribution in [0.15, 0.2) is 24.3 Å². The van der Waals surface area contributed by atoms with Gasteiger partial charge in [0.05, 0.1) is 18.1 Å². The molecular weight excluding hydrogens is 248 g/mol. The van der Waals surface area contributed by atoms with Crippen molar-refractivity contribution in [2.75, 3.05) is 13.2 Å². The topological polar surface area (TPSA) is 45.0 Å². The van der Waals surface area contributed by atoms with E-state index in [0.717, 1.165) is 32.5 Å². The van der Waals surface area contributed by atoms with Crippen molar-refractivity contribution in [3.05, 3.63) is 35.4 Å². The molecule has 110 valence electrons. The summed E-state index contributed by atoms with van der Waals surface area (Å²) >= 11 is 0. The minimum atomic E-state index is -0.214. The molecule has 3 heteroatoms. The molecule has 20 heavy (non-hydrogen) atoms. The van der Waals surface area contributed by atoms with Crippen LogP contribution < -0.4 is 5.32 Å². The number of rotatable bonds is 9. The van der Waals surface area contributed by atoms with Gasteiger partial charge in [-0.05, 0) is 51.3 Å². The lowest BCUT2D eigenvalue weighted by Gasteiger charge is -2.15. The molecular formula is C17H26N2O. The van der Waals surface area contributed by atoms with Crippen molar-refractivity contribution < 1.29 is 4.74 Å². The van der Waals surface area contributed by atoms with Gasteiger partial charge < -0.3 is 10.1 Å². The van der Waals surface area contributed by atoms with Crippen molar-refractivity contribution in [1.29, 1.82) is 5.26 Å². The third-order valence-electron chi connectivity index (χ3n) is 3.35. The third-order valence-corrected chi connectivity index (χ3v) is 3.35. The Hall–Kier alpha value is -1.37. The average molecular weight is 274 g/mol. The molecule has 0 bridgehead atoms. The quantitative estimate of drug-likeness (QED) is 0.699. The smallest absolute Gasteiger partial charge is 0.0719 e. The molecule has 0 unspecified atom stereocenters. The summed E-state index contributed by atoms with van der Waals surface area (Å²) in [5.74, 6) is 0. The molecule has 1 aromatic rings. The van der Waals surface area contributed by atoms with Crippen LogP contribution in [-0.4, -0.2) is 13.2 Å². The highest BCUT2D eigenvalue weighted by Crippen LogP contribution is 2.20. The SMILES string of the molecule is CCOCc1ccccc1CNCCCC(C)(C)C#N. The Morgan fingerprint density at radius 2 is 1.95 bits per heavy atom. The van der Waals surface area contributed by atoms with Crippen molar-refractivity contribution in [1.82, 2.24) is 5.32 Å². The van der Waals surface area contributed by atoms with Crippen LogP contribution in [0.3, 0.4) is 0 Å². The van der Waals surface area contributed by atoms with E-state index >= 15 is 0 Å². The first-order chi connectivity index (χ1) is 9.59. The van der Waals surface area contributed by atoms with Crippen LogP contribution in [-0.2, 0) is 17.9 Å². The van der Waals surface area contributed by atoms with Crippen molar-refractivity contribution in [2.24, 2.45) is 5.41 Å². The lowest BCUT2D eigenvalue weighted by Crippen LogP contribution is -2.18. The fourth-order valence-corrected chi connectivity index (χ4v) is 2.02. The Labute approximate surface area is 123 Å². The fourth-order valence-electron chi connectivity index (χ4n) is 2.02. The number of ether oxygens (including phenoxy) is 1. The lowest BCUT2D eigenvalue weighted by molar-refractivity contribution is 0.133. The van der Waals surface area contributed by atoms with Crippen LogP contribution in [0.1, 0.15) is 44.7 Å². The molecule has 0 fully saturated rings. The molecule has 0 amide bonds. The molecule has 0 heterocycles. The van der Waals surface area contributed by atoms with Gasteiger partial charge in [-0.2, -0.15) is 5.26 Å². The first kappa shape index (κ1) is 16.7. The molecule has 0 radical (unpaired) electrons. The second kappa shape index (κ2) is 8.73. The van der Waals surface area contributed by atoms with Gasteiger partial charge in [0.1, 0.15) is 0 Å². The summed E-state index contributed by atoms with van der Waals surface area (Å²) in [4.78, 5) is 0. The highest BCUT2D eigenvalue weighted by atomic mass is 16.5. The predicted molar refractivity (Wildman–Crippen MR) is 82.1 cm³/mol. The summed E-state index contributed by atoms with van der Waals surface area (Å²) < 4.78 is 5.48. The molecule has 0 aliphatic heterocycles. The van der Waals surface area contributed by atoms with E-state index in [9.17, 15) is 0 Å². The van der Waals surface area contributed by atoms with Crippen LogP contribution in [0, 0.1) is 16.7 Å². The van der Waals surface area contributed by atoms with Gasteiger partial charge in [0, 0.05) is 13.2 Å². The van der Waals surface area contributed by atoms with E-state index in [4.69, 9.17) is 10.00 Å². The number of nitriles is 1. The standard InChI is InChI=1S/C17H26N2O/c1-4-20-13-16-9-6-5-8-15(16)12-19-11-7-10-17(2,3)14-18/h5-6,8-9,19H,4,7,10-13H2,1-3H3. The third kappa shape index (κ3) is 6.18. The lowest BCUT2D eigenvalue weighted by atomic mass is 9.90. The Kier molecular flexibility index (Phi) is 7.28. The van der Waals surface area contributed by atoms with Gasteiger partial charge in [0.25, 0.3) is 0 Å². The van der Waals surface area contributed by atoms with Crippen molar-refractivity contribution in [2.45, 2.75) is 46.8 Å². The Morgan fingerprint density at radius 3 is 2.60 bits per heavy atom. The number of benzene rings is 1. The van der Waals surface area contributed by atoms with Gasteiger partial charge in [-0.1, -0.05) is 24.3 Å². The predicted octanol–water partition coefficient (Wildman–Crippen LogP) is 3.64. The molecule has 1 rings (SSSR count). The van der Waals surface area contributed by atoms with Crippen LogP contribution in [0.2, 0.25) is 0 Å². The number of nitrogens with zero attached hydrogens (tertiary/aromatic N) is 1. The first-order valence-corrected chi connectivity index (χ1v) is 7.35. The molecule has 0 saturated carbocycles. The summed E-state index contributed by atoms with van der Waals surface area (Å²) in [6.45, 7) is 9.21.